The topological polar surface area (TPSA) is 191 Å². The number of hydrogen-bond acceptors (Lipinski definition) is 10. The van der Waals surface area contributed by atoms with Crippen molar-refractivity contribution in [2.45, 2.75) is 71.5 Å². The highest BCUT2D eigenvalue weighted by molar-refractivity contribution is 6.04. The van der Waals surface area contributed by atoms with Crippen molar-refractivity contribution in [1.82, 2.24) is 9.88 Å². The summed E-state index contributed by atoms with van der Waals surface area (Å²) >= 11 is 0. The summed E-state index contributed by atoms with van der Waals surface area (Å²) in [5, 5.41) is 23.8. The molecule has 14 nitrogen and oxygen atoms in total. The van der Waals surface area contributed by atoms with Crippen LogP contribution in [0.15, 0.2) is 53.3 Å². The molecular formula is C33H37N5O9. The Morgan fingerprint density at radius 1 is 1.04 bits per heavy atom. The molecule has 14 heteroatoms. The Hall–Kier alpha value is -5.26. The smallest absolute Gasteiger partial charge is 0.420 e. The summed E-state index contributed by atoms with van der Waals surface area (Å²) in [6.45, 7) is 9.56. The maximum absolute atomic E-state index is 13.4. The lowest BCUT2D eigenvalue weighted by Crippen LogP contribution is -2.55. The molecule has 4 rings (SSSR count). The van der Waals surface area contributed by atoms with Crippen molar-refractivity contribution < 1.29 is 38.5 Å². The first-order chi connectivity index (χ1) is 22.0. The number of aromatic amines is 1. The normalized spacial score (nSPS) is 15.8. The van der Waals surface area contributed by atoms with Crippen LogP contribution in [0, 0.1) is 11.3 Å². The number of imide groups is 1. The van der Waals surface area contributed by atoms with E-state index in [4.69, 9.17) is 14.2 Å². The number of aromatic nitrogens is 1. The molecule has 248 valence electrons. The van der Waals surface area contributed by atoms with Gasteiger partial charge in [0.2, 0.25) is 5.56 Å². The van der Waals surface area contributed by atoms with Crippen LogP contribution < -0.4 is 15.8 Å². The molecule has 1 aromatic heterocycles. The quantitative estimate of drug-likeness (QED) is 0.355. The van der Waals surface area contributed by atoms with E-state index in [1.165, 1.54) is 29.2 Å². The standard InChI is InChI=1S/C33H37N5O9/c1-32(2,3)46-30(43)38(31(44)47-33(4,5)6)18-21-15-22(9-7-20(21)17-34)35-28(41)26(40)27-29(42)37(13-14-45-27)23-10-11-24-19(16-23)8-12-25(39)36-24/h7-12,15-16,26-27,40H,13-14,18H2,1-6H3,(H,35,41)(H,36,39)/t26-,27-/m1/s1. The molecule has 0 bridgehead atoms. The SMILES string of the molecule is CC(C)(C)OC(=O)N(Cc1cc(NC(=O)[C@H](O)[C@H]2OCCN(c3ccc4[nH]c(=O)ccc4c3)C2=O)ccc1C#N)C(=O)OC(C)(C)C. The maximum atomic E-state index is 13.4. The highest BCUT2D eigenvalue weighted by Gasteiger charge is 2.39. The van der Waals surface area contributed by atoms with E-state index in [2.05, 4.69) is 10.3 Å². The fraction of sp³-hybridized carbons (Fsp3) is 0.394. The number of anilines is 2. The number of rotatable bonds is 6. The van der Waals surface area contributed by atoms with Crippen LogP contribution in [-0.4, -0.2) is 75.6 Å². The second kappa shape index (κ2) is 13.6. The molecule has 1 aliphatic rings. The number of amides is 4. The van der Waals surface area contributed by atoms with Crippen molar-refractivity contribution in [3.8, 4) is 6.07 Å². The number of hydrogen-bond donors (Lipinski definition) is 3. The molecule has 3 N–H and O–H groups in total. The lowest BCUT2D eigenvalue weighted by molar-refractivity contribution is -0.150. The Bertz CT molecular complexity index is 1770. The highest BCUT2D eigenvalue weighted by atomic mass is 16.6. The molecule has 2 aromatic carbocycles. The van der Waals surface area contributed by atoms with Crippen LogP contribution in [0.4, 0.5) is 21.0 Å². The average molecular weight is 648 g/mol. The number of nitrogens with zero attached hydrogens (tertiary/aromatic N) is 3. The van der Waals surface area contributed by atoms with E-state index in [9.17, 15) is 34.3 Å². The van der Waals surface area contributed by atoms with E-state index >= 15 is 0 Å². The minimum atomic E-state index is -1.92. The van der Waals surface area contributed by atoms with E-state index in [0.29, 0.717) is 21.5 Å². The fourth-order valence-electron chi connectivity index (χ4n) is 4.67. The molecule has 0 radical (unpaired) electrons. The lowest BCUT2D eigenvalue weighted by Gasteiger charge is -2.34. The number of benzene rings is 2. The number of ether oxygens (including phenoxy) is 3. The zero-order chi connectivity index (χ0) is 34.7. The first-order valence-electron chi connectivity index (χ1n) is 14.8. The van der Waals surface area contributed by atoms with Gasteiger partial charge in [-0.05, 0) is 89.6 Å². The number of aliphatic hydroxyl groups excluding tert-OH is 1. The van der Waals surface area contributed by atoms with Crippen LogP contribution in [0.2, 0.25) is 0 Å². The molecular weight excluding hydrogens is 610 g/mol. The number of morpholine rings is 1. The summed E-state index contributed by atoms with van der Waals surface area (Å²) in [5.41, 5.74) is -0.688. The van der Waals surface area contributed by atoms with Crippen molar-refractivity contribution in [1.29, 1.82) is 5.26 Å². The number of carbonyl (C=O) groups is 4. The fourth-order valence-corrected chi connectivity index (χ4v) is 4.67. The van der Waals surface area contributed by atoms with Gasteiger partial charge in [0.05, 0.1) is 24.8 Å². The predicted octanol–water partition coefficient (Wildman–Crippen LogP) is 3.80. The van der Waals surface area contributed by atoms with E-state index in [0.717, 1.165) is 0 Å². The van der Waals surface area contributed by atoms with Crippen LogP contribution in [0.1, 0.15) is 52.7 Å². The molecule has 0 spiro atoms. The number of carbonyl (C=O) groups excluding carboxylic acids is 4. The van der Waals surface area contributed by atoms with Crippen molar-refractivity contribution in [2.24, 2.45) is 0 Å². The van der Waals surface area contributed by atoms with Crippen LogP contribution in [0.25, 0.3) is 10.9 Å². The van der Waals surface area contributed by atoms with Crippen molar-refractivity contribution in [3.63, 3.8) is 0 Å². The van der Waals surface area contributed by atoms with Gasteiger partial charge in [-0.1, -0.05) is 0 Å². The van der Waals surface area contributed by atoms with Crippen molar-refractivity contribution >= 4 is 46.3 Å². The van der Waals surface area contributed by atoms with Gasteiger partial charge in [0.1, 0.15) is 11.2 Å². The number of pyridine rings is 1. The van der Waals surface area contributed by atoms with Crippen molar-refractivity contribution in [3.05, 3.63) is 70.0 Å². The molecule has 0 unspecified atom stereocenters. The zero-order valence-electron chi connectivity index (χ0n) is 26.9. The van der Waals surface area contributed by atoms with Gasteiger partial charge in [0.15, 0.2) is 12.2 Å². The third-order valence-electron chi connectivity index (χ3n) is 6.75. The van der Waals surface area contributed by atoms with Crippen molar-refractivity contribution in [2.75, 3.05) is 23.4 Å². The van der Waals surface area contributed by atoms with Gasteiger partial charge in [0, 0.05) is 34.9 Å². The van der Waals surface area contributed by atoms with Gasteiger partial charge in [-0.2, -0.15) is 5.26 Å². The van der Waals surface area contributed by atoms with Gasteiger partial charge in [-0.25, -0.2) is 14.5 Å². The molecule has 1 aliphatic heterocycles. The van der Waals surface area contributed by atoms with Crippen LogP contribution >= 0.6 is 0 Å². The monoisotopic (exact) mass is 647 g/mol. The molecule has 1 fully saturated rings. The first kappa shape index (κ1) is 34.6. The van der Waals surface area contributed by atoms with E-state index in [1.54, 1.807) is 65.8 Å². The summed E-state index contributed by atoms with van der Waals surface area (Å²) in [6, 6.07) is 14.1. The Balaban J connectivity index is 1.53. The summed E-state index contributed by atoms with van der Waals surface area (Å²) in [7, 11) is 0. The number of nitrogens with one attached hydrogen (secondary N) is 2. The Morgan fingerprint density at radius 3 is 2.32 bits per heavy atom. The van der Waals surface area contributed by atoms with Gasteiger partial charge in [-0.15, -0.1) is 0 Å². The third-order valence-corrected chi connectivity index (χ3v) is 6.75. The molecule has 0 saturated carbocycles. The van der Waals surface area contributed by atoms with Gasteiger partial charge < -0.3 is 34.5 Å². The van der Waals surface area contributed by atoms with Crippen LogP contribution in [-0.2, 0) is 30.3 Å². The van der Waals surface area contributed by atoms with Gasteiger partial charge in [-0.3, -0.25) is 14.4 Å². The predicted molar refractivity (Wildman–Crippen MR) is 170 cm³/mol. The molecule has 47 heavy (non-hydrogen) atoms. The summed E-state index contributed by atoms with van der Waals surface area (Å²) in [4.78, 5) is 69.0. The second-order valence-electron chi connectivity index (χ2n) is 12.8. The molecule has 0 aliphatic carbocycles. The number of fused-ring (bicyclic) bond motifs is 1. The Morgan fingerprint density at radius 2 is 1.70 bits per heavy atom. The highest BCUT2D eigenvalue weighted by Crippen LogP contribution is 2.25. The summed E-state index contributed by atoms with van der Waals surface area (Å²) in [5.74, 6) is -1.61. The second-order valence-corrected chi connectivity index (χ2v) is 12.8. The summed E-state index contributed by atoms with van der Waals surface area (Å²) in [6.07, 6.45) is -5.45. The third kappa shape index (κ3) is 8.72. The molecule has 1 saturated heterocycles. The Labute approximate surface area is 270 Å². The summed E-state index contributed by atoms with van der Waals surface area (Å²) < 4.78 is 16.3. The van der Waals surface area contributed by atoms with E-state index in [-0.39, 0.29) is 35.5 Å². The lowest BCUT2D eigenvalue weighted by atomic mass is 10.1. The van der Waals surface area contributed by atoms with Gasteiger partial charge in [0.25, 0.3) is 11.8 Å². The zero-order valence-corrected chi connectivity index (χ0v) is 26.9. The minimum absolute atomic E-state index is 0.0383. The molecule has 4 amide bonds. The minimum Gasteiger partial charge on any atom is -0.443 e. The molecule has 3 aromatic rings. The van der Waals surface area contributed by atoms with Crippen LogP contribution in [0.5, 0.6) is 0 Å². The number of aliphatic hydroxyl groups is 1. The Kier molecular flexibility index (Phi) is 10.0. The average Bonchev–Trinajstić information content (AvgIpc) is 2.97. The van der Waals surface area contributed by atoms with Crippen LogP contribution in [0.3, 0.4) is 0 Å². The van der Waals surface area contributed by atoms with E-state index < -0.39 is 54.0 Å². The maximum Gasteiger partial charge on any atom is 0.420 e. The number of nitriles is 1. The van der Waals surface area contributed by atoms with Gasteiger partial charge >= 0.3 is 12.2 Å². The van der Waals surface area contributed by atoms with E-state index in [1.807, 2.05) is 6.07 Å². The largest absolute Gasteiger partial charge is 0.443 e. The first-order valence-corrected chi connectivity index (χ1v) is 14.8. The number of H-pyrrole nitrogens is 1. The molecule has 2 atom stereocenters. The molecule has 2 heterocycles.